The molecule has 1 aromatic rings. The van der Waals surface area contributed by atoms with Crippen LogP contribution in [0, 0.1) is 0 Å². The van der Waals surface area contributed by atoms with Gasteiger partial charge in [0.1, 0.15) is 5.76 Å². The van der Waals surface area contributed by atoms with Gasteiger partial charge in [0.05, 0.1) is 5.69 Å². The van der Waals surface area contributed by atoms with E-state index in [-0.39, 0.29) is 0 Å². The van der Waals surface area contributed by atoms with Crippen molar-refractivity contribution in [3.05, 3.63) is 17.3 Å². The van der Waals surface area contributed by atoms with E-state index in [9.17, 15) is 0 Å². The summed E-state index contributed by atoms with van der Waals surface area (Å²) in [6.45, 7) is 4.42. The van der Waals surface area contributed by atoms with Gasteiger partial charge in [-0.05, 0) is 25.7 Å². The summed E-state index contributed by atoms with van der Waals surface area (Å²) >= 11 is 0. The van der Waals surface area contributed by atoms with E-state index in [1.807, 2.05) is 0 Å². The first-order valence-corrected chi connectivity index (χ1v) is 7.33. The third-order valence-corrected chi connectivity index (χ3v) is 3.71. The Morgan fingerprint density at radius 1 is 1.06 bits per heavy atom. The molecule has 0 spiro atoms. The third kappa shape index (κ3) is 3.11. The van der Waals surface area contributed by atoms with Crippen LogP contribution in [0.15, 0.2) is 4.42 Å². The largest absolute Gasteiger partial charge is 0.445 e. The molecule has 17 heavy (non-hydrogen) atoms. The minimum absolute atomic E-state index is 0.602. The van der Waals surface area contributed by atoms with E-state index in [1.54, 1.807) is 0 Å². The quantitative estimate of drug-likeness (QED) is 0.743. The Hall–Kier alpha value is -0.790. The van der Waals surface area contributed by atoms with Gasteiger partial charge in [0.25, 0.3) is 0 Å². The van der Waals surface area contributed by atoms with Crippen molar-refractivity contribution in [3.8, 4) is 0 Å². The van der Waals surface area contributed by atoms with Crippen molar-refractivity contribution in [3.63, 3.8) is 0 Å². The van der Waals surface area contributed by atoms with Crippen LogP contribution >= 0.6 is 0 Å². The summed E-state index contributed by atoms with van der Waals surface area (Å²) in [6.07, 6.45) is 11.1. The van der Waals surface area contributed by atoms with Crippen molar-refractivity contribution in [2.24, 2.45) is 0 Å². The van der Waals surface area contributed by atoms with Crippen molar-refractivity contribution in [2.75, 3.05) is 0 Å². The Balaban J connectivity index is 2.13. The maximum absolute atomic E-state index is 6.04. The molecule has 1 aliphatic carbocycles. The van der Waals surface area contributed by atoms with Crippen molar-refractivity contribution in [2.45, 2.75) is 77.6 Å². The number of rotatable bonds is 5. The highest BCUT2D eigenvalue weighted by atomic mass is 16.4. The SMILES string of the molecule is CCCc1nc(C2CCCCC2)oc1CCC. The van der Waals surface area contributed by atoms with Crippen LogP contribution in [0.4, 0.5) is 0 Å². The smallest absolute Gasteiger partial charge is 0.197 e. The predicted molar refractivity (Wildman–Crippen MR) is 70.3 cm³/mol. The van der Waals surface area contributed by atoms with E-state index in [2.05, 4.69) is 13.8 Å². The number of hydrogen-bond acceptors (Lipinski definition) is 2. The maximum atomic E-state index is 6.04. The first kappa shape index (κ1) is 12.7. The standard InChI is InChI=1S/C15H25NO/c1-3-8-13-14(9-4-2)17-15(16-13)12-10-6-5-7-11-12/h12H,3-11H2,1-2H3. The monoisotopic (exact) mass is 235 g/mol. The van der Waals surface area contributed by atoms with Crippen LogP contribution in [0.5, 0.6) is 0 Å². The van der Waals surface area contributed by atoms with Gasteiger partial charge in [-0.2, -0.15) is 0 Å². The van der Waals surface area contributed by atoms with Crippen LogP contribution in [0.2, 0.25) is 0 Å². The van der Waals surface area contributed by atoms with Gasteiger partial charge >= 0.3 is 0 Å². The lowest BCUT2D eigenvalue weighted by Crippen LogP contribution is -2.04. The highest BCUT2D eigenvalue weighted by Gasteiger charge is 2.22. The van der Waals surface area contributed by atoms with Gasteiger partial charge in [-0.25, -0.2) is 4.98 Å². The molecule has 0 N–H and O–H groups in total. The molecule has 2 nitrogen and oxygen atoms in total. The second-order valence-corrected chi connectivity index (χ2v) is 5.26. The van der Waals surface area contributed by atoms with Crippen LogP contribution in [0.25, 0.3) is 0 Å². The molecule has 1 heterocycles. The summed E-state index contributed by atoms with van der Waals surface area (Å²) in [6, 6.07) is 0. The summed E-state index contributed by atoms with van der Waals surface area (Å²) in [7, 11) is 0. The summed E-state index contributed by atoms with van der Waals surface area (Å²) in [5.41, 5.74) is 1.23. The molecule has 0 saturated heterocycles. The topological polar surface area (TPSA) is 26.0 Å². The Kier molecular flexibility index (Phi) is 4.64. The molecule has 0 radical (unpaired) electrons. The van der Waals surface area contributed by atoms with E-state index in [0.29, 0.717) is 5.92 Å². The first-order valence-electron chi connectivity index (χ1n) is 7.33. The molecule has 1 saturated carbocycles. The molecule has 0 atom stereocenters. The fourth-order valence-corrected chi connectivity index (χ4v) is 2.78. The number of aromatic nitrogens is 1. The van der Waals surface area contributed by atoms with Gasteiger partial charge in [-0.3, -0.25) is 0 Å². The zero-order valence-corrected chi connectivity index (χ0v) is 11.3. The number of nitrogens with zero attached hydrogens (tertiary/aromatic N) is 1. The number of aryl methyl sites for hydroxylation is 2. The molecule has 0 amide bonds. The van der Waals surface area contributed by atoms with Gasteiger partial charge in [0.2, 0.25) is 0 Å². The van der Waals surface area contributed by atoms with E-state index in [1.165, 1.54) is 37.8 Å². The highest BCUT2D eigenvalue weighted by Crippen LogP contribution is 2.33. The van der Waals surface area contributed by atoms with Crippen LogP contribution in [-0.2, 0) is 12.8 Å². The molecule has 1 fully saturated rings. The molecule has 0 unspecified atom stereocenters. The van der Waals surface area contributed by atoms with Crippen LogP contribution in [0.3, 0.4) is 0 Å². The van der Waals surface area contributed by atoms with E-state index in [4.69, 9.17) is 9.40 Å². The molecule has 96 valence electrons. The minimum Gasteiger partial charge on any atom is -0.445 e. The minimum atomic E-state index is 0.602. The summed E-state index contributed by atoms with van der Waals surface area (Å²) in [5.74, 6) is 2.80. The average Bonchev–Trinajstić information content (AvgIpc) is 2.75. The maximum Gasteiger partial charge on any atom is 0.197 e. The fourth-order valence-electron chi connectivity index (χ4n) is 2.78. The number of oxazole rings is 1. The molecular formula is C15H25NO. The first-order chi connectivity index (χ1) is 8.35. The molecule has 1 aromatic heterocycles. The number of hydrogen-bond donors (Lipinski definition) is 0. The summed E-state index contributed by atoms with van der Waals surface area (Å²) in [4.78, 5) is 4.78. The molecule has 0 aliphatic heterocycles. The van der Waals surface area contributed by atoms with Gasteiger partial charge in [0, 0.05) is 12.3 Å². The third-order valence-electron chi connectivity index (χ3n) is 3.71. The molecule has 2 heteroatoms. The van der Waals surface area contributed by atoms with Crippen LogP contribution in [0.1, 0.15) is 82.1 Å². The summed E-state index contributed by atoms with van der Waals surface area (Å²) < 4.78 is 6.04. The van der Waals surface area contributed by atoms with Crippen LogP contribution < -0.4 is 0 Å². The van der Waals surface area contributed by atoms with E-state index >= 15 is 0 Å². The second kappa shape index (κ2) is 6.23. The Morgan fingerprint density at radius 3 is 2.41 bits per heavy atom. The molecule has 1 aliphatic rings. The average molecular weight is 235 g/mol. The lowest BCUT2D eigenvalue weighted by molar-refractivity contribution is 0.351. The van der Waals surface area contributed by atoms with Crippen molar-refractivity contribution in [1.82, 2.24) is 4.98 Å². The predicted octanol–water partition coefficient (Wildman–Crippen LogP) is 4.63. The molecule has 2 rings (SSSR count). The van der Waals surface area contributed by atoms with Crippen LogP contribution in [-0.4, -0.2) is 4.98 Å². The Bertz CT molecular complexity index is 313. The van der Waals surface area contributed by atoms with Gasteiger partial charge in [-0.1, -0.05) is 39.5 Å². The van der Waals surface area contributed by atoms with E-state index in [0.717, 1.165) is 37.3 Å². The van der Waals surface area contributed by atoms with E-state index < -0.39 is 0 Å². The van der Waals surface area contributed by atoms with Gasteiger partial charge < -0.3 is 4.42 Å². The second-order valence-electron chi connectivity index (χ2n) is 5.26. The molecule has 0 aromatic carbocycles. The highest BCUT2D eigenvalue weighted by molar-refractivity contribution is 5.12. The molecule has 0 bridgehead atoms. The Morgan fingerprint density at radius 2 is 1.76 bits per heavy atom. The molecular weight excluding hydrogens is 210 g/mol. The van der Waals surface area contributed by atoms with Crippen molar-refractivity contribution < 1.29 is 4.42 Å². The van der Waals surface area contributed by atoms with Crippen molar-refractivity contribution in [1.29, 1.82) is 0 Å². The Labute approximate surface area is 105 Å². The zero-order chi connectivity index (χ0) is 12.1. The fraction of sp³-hybridized carbons (Fsp3) is 0.800. The lowest BCUT2D eigenvalue weighted by Gasteiger charge is -2.17. The zero-order valence-electron chi connectivity index (χ0n) is 11.3. The normalized spacial score (nSPS) is 17.5. The van der Waals surface area contributed by atoms with Gasteiger partial charge in [0.15, 0.2) is 5.89 Å². The van der Waals surface area contributed by atoms with Crippen molar-refractivity contribution >= 4 is 0 Å². The summed E-state index contributed by atoms with van der Waals surface area (Å²) in [5, 5.41) is 0. The van der Waals surface area contributed by atoms with Gasteiger partial charge in [-0.15, -0.1) is 0 Å². The lowest BCUT2D eigenvalue weighted by atomic mass is 9.89.